The second-order valence-electron chi connectivity index (χ2n) is 4.12. The van der Waals surface area contributed by atoms with Crippen molar-refractivity contribution in [2.75, 3.05) is 11.9 Å². The summed E-state index contributed by atoms with van der Waals surface area (Å²) in [7, 11) is 3.85. The van der Waals surface area contributed by atoms with Crippen LogP contribution < -0.4 is 10.6 Å². The van der Waals surface area contributed by atoms with E-state index in [-0.39, 0.29) is 0 Å². The molecule has 5 nitrogen and oxygen atoms in total. The summed E-state index contributed by atoms with van der Waals surface area (Å²) in [4.78, 5) is 6.70. The Bertz CT molecular complexity index is 563. The molecule has 0 aromatic carbocycles. The first kappa shape index (κ1) is 12.5. The predicted molar refractivity (Wildman–Crippen MR) is 75.4 cm³/mol. The molecular formula is C12H15N5S. The first-order chi connectivity index (χ1) is 8.58. The van der Waals surface area contributed by atoms with Crippen molar-refractivity contribution in [2.45, 2.75) is 6.54 Å². The van der Waals surface area contributed by atoms with E-state index in [1.54, 1.807) is 10.9 Å². The molecule has 0 saturated heterocycles. The van der Waals surface area contributed by atoms with E-state index in [1.807, 2.05) is 43.5 Å². The molecule has 0 fully saturated rings. The van der Waals surface area contributed by atoms with Crippen LogP contribution in [0.15, 0.2) is 30.7 Å². The second-order valence-corrected chi connectivity index (χ2v) is 4.56. The first-order valence-corrected chi connectivity index (χ1v) is 5.92. The highest BCUT2D eigenvalue weighted by atomic mass is 32.1. The van der Waals surface area contributed by atoms with Crippen LogP contribution in [0.1, 0.15) is 11.1 Å². The quantitative estimate of drug-likeness (QED) is 0.835. The molecular weight excluding hydrogens is 246 g/mol. The molecule has 0 spiro atoms. The van der Waals surface area contributed by atoms with Gasteiger partial charge in [-0.3, -0.25) is 4.68 Å². The highest BCUT2D eigenvalue weighted by Crippen LogP contribution is 2.17. The van der Waals surface area contributed by atoms with Gasteiger partial charge < -0.3 is 10.6 Å². The van der Waals surface area contributed by atoms with Crippen molar-refractivity contribution in [3.63, 3.8) is 0 Å². The van der Waals surface area contributed by atoms with Gasteiger partial charge in [0.2, 0.25) is 0 Å². The highest BCUT2D eigenvalue weighted by Gasteiger charge is 2.11. The van der Waals surface area contributed by atoms with Crippen molar-refractivity contribution in [3.05, 3.63) is 41.9 Å². The van der Waals surface area contributed by atoms with Crippen LogP contribution in [0.4, 0.5) is 5.82 Å². The van der Waals surface area contributed by atoms with Gasteiger partial charge in [-0.05, 0) is 12.1 Å². The third-order valence-corrected chi connectivity index (χ3v) is 2.81. The molecule has 2 rings (SSSR count). The number of pyridine rings is 1. The van der Waals surface area contributed by atoms with E-state index in [2.05, 4.69) is 10.1 Å². The average Bonchev–Trinajstić information content (AvgIpc) is 2.74. The summed E-state index contributed by atoms with van der Waals surface area (Å²) < 4.78 is 1.77. The Morgan fingerprint density at radius 1 is 1.56 bits per heavy atom. The van der Waals surface area contributed by atoms with Crippen molar-refractivity contribution in [2.24, 2.45) is 12.8 Å². The molecule has 2 N–H and O–H groups in total. The normalized spacial score (nSPS) is 10.3. The summed E-state index contributed by atoms with van der Waals surface area (Å²) in [6, 6.07) is 3.71. The molecule has 2 aromatic rings. The summed E-state index contributed by atoms with van der Waals surface area (Å²) in [5.41, 5.74) is 7.60. The van der Waals surface area contributed by atoms with Crippen molar-refractivity contribution in [3.8, 4) is 0 Å². The number of hydrogen-bond donors (Lipinski definition) is 1. The van der Waals surface area contributed by atoms with Crippen molar-refractivity contribution in [1.82, 2.24) is 14.8 Å². The number of aryl methyl sites for hydroxylation is 1. The zero-order chi connectivity index (χ0) is 13.1. The van der Waals surface area contributed by atoms with Crippen molar-refractivity contribution >= 4 is 23.0 Å². The lowest BCUT2D eigenvalue weighted by Gasteiger charge is -2.19. The second kappa shape index (κ2) is 5.14. The lowest BCUT2D eigenvalue weighted by molar-refractivity contribution is 0.766. The van der Waals surface area contributed by atoms with Gasteiger partial charge in [-0.2, -0.15) is 5.10 Å². The molecule has 18 heavy (non-hydrogen) atoms. The fourth-order valence-electron chi connectivity index (χ4n) is 1.80. The first-order valence-electron chi connectivity index (χ1n) is 5.51. The van der Waals surface area contributed by atoms with Crippen LogP contribution in [0.2, 0.25) is 0 Å². The number of thiocarbonyl (C=S) groups is 1. The molecule has 0 unspecified atom stereocenters. The van der Waals surface area contributed by atoms with Gasteiger partial charge in [-0.1, -0.05) is 12.2 Å². The van der Waals surface area contributed by atoms with Gasteiger partial charge >= 0.3 is 0 Å². The molecule has 0 bridgehead atoms. The predicted octanol–water partition coefficient (Wildman–Crippen LogP) is 1.09. The Morgan fingerprint density at radius 3 is 2.94 bits per heavy atom. The lowest BCUT2D eigenvalue weighted by atomic mass is 10.2. The Labute approximate surface area is 111 Å². The molecule has 0 atom stereocenters. The van der Waals surface area contributed by atoms with Gasteiger partial charge in [-0.15, -0.1) is 0 Å². The van der Waals surface area contributed by atoms with Crippen molar-refractivity contribution < 1.29 is 0 Å². The molecule has 2 aromatic heterocycles. The molecule has 0 radical (unpaired) electrons. The maximum Gasteiger partial charge on any atom is 0.138 e. The van der Waals surface area contributed by atoms with E-state index in [1.165, 1.54) is 0 Å². The zero-order valence-electron chi connectivity index (χ0n) is 10.4. The molecule has 0 amide bonds. The third kappa shape index (κ3) is 2.65. The van der Waals surface area contributed by atoms with Crippen LogP contribution in [-0.4, -0.2) is 26.8 Å². The van der Waals surface area contributed by atoms with E-state index in [0.717, 1.165) is 16.9 Å². The van der Waals surface area contributed by atoms with Crippen LogP contribution in [0.5, 0.6) is 0 Å². The topological polar surface area (TPSA) is 60.0 Å². The van der Waals surface area contributed by atoms with Gasteiger partial charge in [0.1, 0.15) is 10.8 Å². The van der Waals surface area contributed by atoms with Crippen LogP contribution in [-0.2, 0) is 13.6 Å². The summed E-state index contributed by atoms with van der Waals surface area (Å²) in [5, 5.41) is 4.14. The molecule has 0 aliphatic heterocycles. The molecule has 0 saturated carbocycles. The molecule has 0 aliphatic rings. The fraction of sp³-hybridized carbons (Fsp3) is 0.250. The maximum absolute atomic E-state index is 5.70. The maximum atomic E-state index is 5.70. The number of hydrogen-bond acceptors (Lipinski definition) is 4. The number of rotatable bonds is 4. The van der Waals surface area contributed by atoms with Gasteiger partial charge in [0, 0.05) is 38.6 Å². The van der Waals surface area contributed by atoms with Crippen molar-refractivity contribution in [1.29, 1.82) is 0 Å². The fourth-order valence-corrected chi connectivity index (χ4v) is 1.96. The van der Waals surface area contributed by atoms with Gasteiger partial charge in [0.05, 0.1) is 11.8 Å². The Hall–Kier alpha value is -1.95. The summed E-state index contributed by atoms with van der Waals surface area (Å²) in [6.45, 7) is 0.709. The Morgan fingerprint density at radius 2 is 2.33 bits per heavy atom. The summed E-state index contributed by atoms with van der Waals surface area (Å²) in [6.07, 6.45) is 5.54. The van der Waals surface area contributed by atoms with E-state index >= 15 is 0 Å². The molecule has 6 heteroatoms. The molecule has 2 heterocycles. The summed E-state index contributed by atoms with van der Waals surface area (Å²) >= 11 is 5.03. The minimum Gasteiger partial charge on any atom is -0.389 e. The van der Waals surface area contributed by atoms with Crippen LogP contribution in [0.3, 0.4) is 0 Å². The number of anilines is 1. The molecule has 94 valence electrons. The van der Waals surface area contributed by atoms with Crippen LogP contribution in [0.25, 0.3) is 0 Å². The Balaban J connectivity index is 2.23. The Kier molecular flexibility index (Phi) is 3.57. The van der Waals surface area contributed by atoms with E-state index in [0.29, 0.717) is 11.5 Å². The van der Waals surface area contributed by atoms with Gasteiger partial charge in [0.15, 0.2) is 0 Å². The smallest absolute Gasteiger partial charge is 0.138 e. The van der Waals surface area contributed by atoms with E-state index in [4.69, 9.17) is 18.0 Å². The minimum atomic E-state index is 0.358. The van der Waals surface area contributed by atoms with E-state index < -0.39 is 0 Å². The monoisotopic (exact) mass is 261 g/mol. The minimum absolute atomic E-state index is 0.358. The number of nitrogens with zero attached hydrogens (tertiary/aromatic N) is 4. The zero-order valence-corrected chi connectivity index (χ0v) is 11.2. The SMILES string of the molecule is CN(Cc1cnn(C)c1)c1ncccc1C(N)=S. The van der Waals surface area contributed by atoms with Crippen LogP contribution >= 0.6 is 12.2 Å². The van der Waals surface area contributed by atoms with E-state index in [9.17, 15) is 0 Å². The standard InChI is InChI=1S/C12H15N5S/c1-16(7-9-6-15-17(2)8-9)12-10(11(13)18)4-3-5-14-12/h3-6,8H,7H2,1-2H3,(H2,13,18). The third-order valence-electron chi connectivity index (χ3n) is 2.59. The average molecular weight is 261 g/mol. The highest BCUT2D eigenvalue weighted by molar-refractivity contribution is 7.80. The molecule has 0 aliphatic carbocycles. The summed E-state index contributed by atoms with van der Waals surface area (Å²) in [5.74, 6) is 0.786. The number of nitrogens with two attached hydrogens (primary N) is 1. The number of aromatic nitrogens is 3. The lowest BCUT2D eigenvalue weighted by Crippen LogP contribution is -2.22. The van der Waals surface area contributed by atoms with Gasteiger partial charge in [-0.25, -0.2) is 4.98 Å². The van der Waals surface area contributed by atoms with Gasteiger partial charge in [0.25, 0.3) is 0 Å². The largest absolute Gasteiger partial charge is 0.389 e. The van der Waals surface area contributed by atoms with Crippen LogP contribution in [0, 0.1) is 0 Å².